The van der Waals surface area contributed by atoms with Crippen LogP contribution in [0.5, 0.6) is 0 Å². The van der Waals surface area contributed by atoms with Gasteiger partial charge in [-0.2, -0.15) is 16.9 Å². The van der Waals surface area contributed by atoms with Gasteiger partial charge < -0.3 is 11.1 Å². The summed E-state index contributed by atoms with van der Waals surface area (Å²) in [6.45, 7) is 0.494. The van der Waals surface area contributed by atoms with Gasteiger partial charge in [-0.15, -0.1) is 11.3 Å². The minimum Gasteiger partial charge on any atom is -0.340 e. The molecule has 6 rings (SSSR count). The lowest BCUT2D eigenvalue weighted by atomic mass is 10.1. The van der Waals surface area contributed by atoms with Crippen LogP contribution < -0.4 is 11.1 Å². The molecule has 3 aromatic carbocycles. The summed E-state index contributed by atoms with van der Waals surface area (Å²) in [4.78, 5) is 14.7. The van der Waals surface area contributed by atoms with E-state index < -0.39 is 0 Å². The number of nitrogens with one attached hydrogen (secondary N) is 1. The Balaban J connectivity index is 1.28. The first-order valence-corrected chi connectivity index (χ1v) is 14.2. The molecule has 0 aliphatic heterocycles. The van der Waals surface area contributed by atoms with Crippen molar-refractivity contribution < 1.29 is 4.39 Å². The van der Waals surface area contributed by atoms with Crippen molar-refractivity contribution in [1.29, 1.82) is 0 Å². The van der Waals surface area contributed by atoms with Gasteiger partial charge in [0.05, 0.1) is 23.8 Å². The van der Waals surface area contributed by atoms with E-state index in [4.69, 9.17) is 5.73 Å². The minimum atomic E-state index is -0.250. The molecule has 0 amide bonds. The van der Waals surface area contributed by atoms with Gasteiger partial charge in [-0.1, -0.05) is 12.1 Å². The lowest BCUT2D eigenvalue weighted by molar-refractivity contribution is 0.621. The van der Waals surface area contributed by atoms with Crippen molar-refractivity contribution in [1.82, 2.24) is 24.7 Å². The second kappa shape index (κ2) is 10.5. The average Bonchev–Trinajstić information content (AvgIpc) is 3.57. The van der Waals surface area contributed by atoms with Crippen molar-refractivity contribution in [2.45, 2.75) is 12.6 Å². The summed E-state index contributed by atoms with van der Waals surface area (Å²) < 4.78 is 15.5. The molecule has 1 unspecified atom stereocenters. The highest BCUT2D eigenvalue weighted by molar-refractivity contribution is 7.98. The van der Waals surface area contributed by atoms with Crippen LogP contribution in [0.4, 0.5) is 15.9 Å². The van der Waals surface area contributed by atoms with E-state index in [-0.39, 0.29) is 11.9 Å². The number of benzene rings is 3. The number of nitrogens with zero attached hydrogens (tertiary/aromatic N) is 5. The Morgan fingerprint density at radius 2 is 1.97 bits per heavy atom. The van der Waals surface area contributed by atoms with E-state index in [0.29, 0.717) is 12.4 Å². The SMILES string of the molecule is CSCC(N)c1cnc(-c2ccc3ncnc(Nc4ccc5c(cnn5Cc5cccc(F)c5)c4)c3c2)s1. The molecule has 0 saturated heterocycles. The number of fused-ring (bicyclic) bond motifs is 2. The Morgan fingerprint density at radius 1 is 1.05 bits per heavy atom. The molecule has 1 atom stereocenters. The molecule has 0 saturated carbocycles. The standard InChI is InChI=1S/C28H24FN7S2/c1-37-15-23(30)26-13-31-28(38-26)18-5-7-24-22(11-18)27(33-16-32-24)35-21-6-8-25-19(10-21)12-34-36(25)14-17-3-2-4-20(29)9-17/h2-13,16,23H,14-15,30H2,1H3,(H,32,33,35). The highest BCUT2D eigenvalue weighted by atomic mass is 32.2. The molecule has 3 N–H and O–H groups in total. The number of hydrogen-bond acceptors (Lipinski definition) is 8. The molecule has 0 fully saturated rings. The van der Waals surface area contributed by atoms with E-state index >= 15 is 0 Å². The van der Waals surface area contributed by atoms with E-state index in [2.05, 4.69) is 37.7 Å². The monoisotopic (exact) mass is 541 g/mol. The molecule has 3 heterocycles. The molecule has 0 aliphatic rings. The summed E-state index contributed by atoms with van der Waals surface area (Å²) in [6, 6.07) is 18.7. The van der Waals surface area contributed by atoms with Gasteiger partial charge in [0.2, 0.25) is 0 Å². The smallest absolute Gasteiger partial charge is 0.141 e. The summed E-state index contributed by atoms with van der Waals surface area (Å²) >= 11 is 3.34. The van der Waals surface area contributed by atoms with Crippen molar-refractivity contribution in [3.63, 3.8) is 0 Å². The maximum absolute atomic E-state index is 13.6. The van der Waals surface area contributed by atoms with E-state index in [1.54, 1.807) is 35.5 Å². The zero-order chi connectivity index (χ0) is 26.1. The topological polar surface area (TPSA) is 94.5 Å². The van der Waals surface area contributed by atoms with Crippen molar-refractivity contribution in [2.75, 3.05) is 17.3 Å². The Bertz CT molecular complexity index is 1750. The van der Waals surface area contributed by atoms with E-state index in [9.17, 15) is 4.39 Å². The van der Waals surface area contributed by atoms with Gasteiger partial charge in [-0.25, -0.2) is 19.3 Å². The molecule has 6 aromatic rings. The maximum Gasteiger partial charge on any atom is 0.141 e. The predicted molar refractivity (Wildman–Crippen MR) is 154 cm³/mol. The van der Waals surface area contributed by atoms with Crippen LogP contribution >= 0.6 is 23.1 Å². The summed E-state index contributed by atoms with van der Waals surface area (Å²) in [6.07, 6.45) is 7.30. The maximum atomic E-state index is 13.6. The van der Waals surface area contributed by atoms with E-state index in [0.717, 1.165) is 54.3 Å². The van der Waals surface area contributed by atoms with Crippen molar-refractivity contribution in [2.24, 2.45) is 5.73 Å². The van der Waals surface area contributed by atoms with Crippen LogP contribution in [0.2, 0.25) is 0 Å². The molecule has 0 spiro atoms. The fourth-order valence-corrected chi connectivity index (χ4v) is 5.94. The molecular weight excluding hydrogens is 517 g/mol. The third-order valence-electron chi connectivity index (χ3n) is 6.24. The van der Waals surface area contributed by atoms with E-state index in [1.165, 1.54) is 12.1 Å². The number of nitrogens with two attached hydrogens (primary N) is 1. The average molecular weight is 542 g/mol. The van der Waals surface area contributed by atoms with Crippen molar-refractivity contribution in [3.8, 4) is 10.6 Å². The number of halogens is 1. The number of thioether (sulfide) groups is 1. The van der Waals surface area contributed by atoms with Gasteiger partial charge in [0.25, 0.3) is 0 Å². The van der Waals surface area contributed by atoms with E-state index in [1.807, 2.05) is 53.5 Å². The minimum absolute atomic E-state index is 0.0228. The lowest BCUT2D eigenvalue weighted by Crippen LogP contribution is -2.10. The molecule has 0 bridgehead atoms. The van der Waals surface area contributed by atoms with Gasteiger partial charge in [-0.3, -0.25) is 4.68 Å². The Labute approximate surface area is 227 Å². The quantitative estimate of drug-likeness (QED) is 0.230. The van der Waals surface area contributed by atoms with Gasteiger partial charge >= 0.3 is 0 Å². The van der Waals surface area contributed by atoms with Crippen molar-refractivity contribution in [3.05, 3.63) is 95.6 Å². The van der Waals surface area contributed by atoms with Gasteiger partial charge in [0.1, 0.15) is 23.0 Å². The molecular formula is C28H24FN7S2. The molecule has 0 radical (unpaired) electrons. The van der Waals surface area contributed by atoms with Crippen LogP contribution in [0.25, 0.3) is 32.4 Å². The van der Waals surface area contributed by atoms with Crippen LogP contribution in [-0.2, 0) is 6.54 Å². The highest BCUT2D eigenvalue weighted by Gasteiger charge is 2.13. The number of aromatic nitrogens is 5. The third kappa shape index (κ3) is 4.98. The molecule has 7 nitrogen and oxygen atoms in total. The predicted octanol–water partition coefficient (Wildman–Crippen LogP) is 6.40. The largest absolute Gasteiger partial charge is 0.340 e. The summed E-state index contributed by atoms with van der Waals surface area (Å²) in [7, 11) is 0. The summed E-state index contributed by atoms with van der Waals surface area (Å²) in [5, 5.41) is 10.8. The Morgan fingerprint density at radius 3 is 2.84 bits per heavy atom. The van der Waals surface area contributed by atoms with Crippen LogP contribution in [0, 0.1) is 5.82 Å². The third-order valence-corrected chi connectivity index (χ3v) is 8.11. The zero-order valence-corrected chi connectivity index (χ0v) is 22.1. The second-order valence-corrected chi connectivity index (χ2v) is 10.9. The molecule has 38 heavy (non-hydrogen) atoms. The molecule has 190 valence electrons. The fraction of sp³-hybridized carbons (Fsp3) is 0.143. The first-order chi connectivity index (χ1) is 18.6. The second-order valence-electron chi connectivity index (χ2n) is 8.91. The number of rotatable bonds is 8. The Kier molecular flexibility index (Phi) is 6.75. The van der Waals surface area contributed by atoms with Gasteiger partial charge in [0.15, 0.2) is 0 Å². The first-order valence-electron chi connectivity index (χ1n) is 12.0. The van der Waals surface area contributed by atoms with Crippen molar-refractivity contribution >= 4 is 56.4 Å². The van der Waals surface area contributed by atoms with Gasteiger partial charge in [0, 0.05) is 44.9 Å². The van der Waals surface area contributed by atoms with Gasteiger partial charge in [-0.05, 0) is 60.4 Å². The number of thiazole rings is 1. The summed E-state index contributed by atoms with van der Waals surface area (Å²) in [5.41, 5.74) is 10.8. The lowest BCUT2D eigenvalue weighted by Gasteiger charge is -2.10. The molecule has 3 aromatic heterocycles. The first kappa shape index (κ1) is 24.5. The van der Waals surface area contributed by atoms with Crippen LogP contribution in [0.15, 0.2) is 79.4 Å². The van der Waals surface area contributed by atoms with Crippen LogP contribution in [0.3, 0.4) is 0 Å². The van der Waals surface area contributed by atoms with Crippen LogP contribution in [0.1, 0.15) is 16.5 Å². The number of hydrogen-bond donors (Lipinski definition) is 2. The normalized spacial score (nSPS) is 12.3. The molecule has 0 aliphatic carbocycles. The Hall–Kier alpha value is -3.86. The van der Waals surface area contributed by atoms with Crippen LogP contribution in [-0.4, -0.2) is 36.7 Å². The summed E-state index contributed by atoms with van der Waals surface area (Å²) in [5.74, 6) is 1.31. The fourth-order valence-electron chi connectivity index (χ4n) is 4.38. The highest BCUT2D eigenvalue weighted by Crippen LogP contribution is 2.33. The number of anilines is 2. The zero-order valence-electron chi connectivity index (χ0n) is 20.5. The molecule has 10 heteroatoms.